The molecule has 0 spiro atoms. The van der Waals surface area contributed by atoms with Gasteiger partial charge in [0.1, 0.15) is 5.82 Å². The number of nitrogens with zero attached hydrogens (tertiary/aromatic N) is 4. The Morgan fingerprint density at radius 3 is 2.88 bits per heavy atom. The number of anilines is 1. The molecule has 3 heterocycles. The van der Waals surface area contributed by atoms with Crippen LogP contribution in [0.1, 0.15) is 31.1 Å². The van der Waals surface area contributed by atoms with E-state index in [-0.39, 0.29) is 11.5 Å². The lowest BCUT2D eigenvalue weighted by atomic mass is 10.2. The topological polar surface area (TPSA) is 64.9 Å². The van der Waals surface area contributed by atoms with Gasteiger partial charge in [-0.25, -0.2) is 4.68 Å². The van der Waals surface area contributed by atoms with Crippen molar-refractivity contribution in [3.8, 4) is 0 Å². The molecule has 0 amide bonds. The summed E-state index contributed by atoms with van der Waals surface area (Å²) >= 11 is 6.13. The van der Waals surface area contributed by atoms with Crippen LogP contribution in [0.5, 0.6) is 0 Å². The zero-order chi connectivity index (χ0) is 16.4. The fourth-order valence-electron chi connectivity index (χ4n) is 2.94. The molecular weight excluding hydrogens is 326 g/mol. The highest BCUT2D eigenvalue weighted by atomic mass is 35.5. The third-order valence-electron chi connectivity index (χ3n) is 4.16. The van der Waals surface area contributed by atoms with Crippen LogP contribution in [0.15, 0.2) is 36.5 Å². The molecule has 0 aliphatic carbocycles. The molecule has 1 saturated heterocycles. The first-order chi connectivity index (χ1) is 11.8. The molecule has 4 rings (SSSR count). The van der Waals surface area contributed by atoms with Crippen molar-refractivity contribution >= 4 is 28.5 Å². The van der Waals surface area contributed by atoms with Gasteiger partial charge in [-0.05, 0) is 36.4 Å². The monoisotopic (exact) mass is 343 g/mol. The maximum Gasteiger partial charge on any atom is 0.226 e. The highest BCUT2D eigenvalue weighted by Gasteiger charge is 2.21. The first-order valence-electron chi connectivity index (χ1n) is 8.11. The number of benzene rings is 1. The Kier molecular flexibility index (Phi) is 4.32. The van der Waals surface area contributed by atoms with E-state index in [4.69, 9.17) is 16.3 Å². The van der Waals surface area contributed by atoms with Gasteiger partial charge < -0.3 is 10.1 Å². The summed E-state index contributed by atoms with van der Waals surface area (Å²) in [5.74, 6) is 0.691. The molecule has 1 atom stereocenters. The number of nitrogens with one attached hydrogen (secondary N) is 1. The van der Waals surface area contributed by atoms with E-state index in [1.807, 2.05) is 22.9 Å². The van der Waals surface area contributed by atoms with Crippen molar-refractivity contribution in [1.29, 1.82) is 0 Å². The molecule has 1 aliphatic rings. The van der Waals surface area contributed by atoms with E-state index in [9.17, 15) is 0 Å². The van der Waals surface area contributed by atoms with Crippen LogP contribution in [-0.2, 0) is 11.3 Å². The summed E-state index contributed by atoms with van der Waals surface area (Å²) in [5, 5.41) is 8.85. The highest BCUT2D eigenvalue weighted by Crippen LogP contribution is 2.28. The predicted molar refractivity (Wildman–Crippen MR) is 92.9 cm³/mol. The molecule has 2 aromatic heterocycles. The van der Waals surface area contributed by atoms with Crippen molar-refractivity contribution < 1.29 is 4.74 Å². The van der Waals surface area contributed by atoms with Crippen LogP contribution < -0.4 is 5.32 Å². The van der Waals surface area contributed by atoms with Crippen molar-refractivity contribution in [2.75, 3.05) is 11.9 Å². The van der Waals surface area contributed by atoms with E-state index in [0.717, 1.165) is 31.3 Å². The van der Waals surface area contributed by atoms with Gasteiger partial charge in [-0.1, -0.05) is 30.3 Å². The van der Waals surface area contributed by atoms with Crippen LogP contribution in [0, 0.1) is 0 Å². The van der Waals surface area contributed by atoms with E-state index >= 15 is 0 Å². The average Bonchev–Trinajstić information content (AvgIpc) is 3.05. The van der Waals surface area contributed by atoms with E-state index in [0.29, 0.717) is 18.0 Å². The van der Waals surface area contributed by atoms with Crippen molar-refractivity contribution in [2.24, 2.45) is 0 Å². The number of halogens is 1. The van der Waals surface area contributed by atoms with Gasteiger partial charge in [0.15, 0.2) is 11.9 Å². The quantitative estimate of drug-likeness (QED) is 0.730. The molecule has 0 radical (unpaired) electrons. The minimum Gasteiger partial charge on any atom is -0.365 e. The second-order valence-corrected chi connectivity index (χ2v) is 6.17. The van der Waals surface area contributed by atoms with Gasteiger partial charge in [0.25, 0.3) is 0 Å². The Morgan fingerprint density at radius 2 is 2.08 bits per heavy atom. The summed E-state index contributed by atoms with van der Waals surface area (Å²) in [6.07, 6.45) is 4.85. The number of rotatable bonds is 4. The van der Waals surface area contributed by atoms with Gasteiger partial charge in [0, 0.05) is 13.2 Å². The fourth-order valence-corrected chi connectivity index (χ4v) is 3.11. The molecule has 24 heavy (non-hydrogen) atoms. The van der Waals surface area contributed by atoms with Crippen LogP contribution in [0.2, 0.25) is 5.28 Å². The maximum absolute atomic E-state index is 6.13. The Bertz CT molecular complexity index is 830. The zero-order valence-electron chi connectivity index (χ0n) is 13.2. The largest absolute Gasteiger partial charge is 0.365 e. The van der Waals surface area contributed by atoms with E-state index in [1.54, 1.807) is 6.20 Å². The Hall–Kier alpha value is -2.18. The molecule has 3 aromatic rings. The van der Waals surface area contributed by atoms with Crippen LogP contribution in [0.3, 0.4) is 0 Å². The molecule has 7 heteroatoms. The Balaban J connectivity index is 1.64. The molecule has 1 unspecified atom stereocenters. The summed E-state index contributed by atoms with van der Waals surface area (Å²) < 4.78 is 7.63. The van der Waals surface area contributed by atoms with Crippen LogP contribution in [0.25, 0.3) is 11.0 Å². The Morgan fingerprint density at radius 1 is 1.21 bits per heavy atom. The van der Waals surface area contributed by atoms with Gasteiger partial charge in [-0.2, -0.15) is 15.1 Å². The first-order valence-corrected chi connectivity index (χ1v) is 8.49. The first kappa shape index (κ1) is 15.4. The number of ether oxygens (including phenoxy) is 1. The minimum absolute atomic E-state index is 0.0795. The summed E-state index contributed by atoms with van der Waals surface area (Å²) in [5.41, 5.74) is 1.88. The standard InChI is InChI=1S/C17H18ClN5O/c18-17-21-15(19-10-12-6-2-1-3-7-12)13-11-20-23(16(13)22-17)14-8-4-5-9-24-14/h1-3,6-7,11,14H,4-5,8-10H2,(H,19,21,22). The van der Waals surface area contributed by atoms with Gasteiger partial charge in [0.2, 0.25) is 5.28 Å². The maximum atomic E-state index is 6.13. The minimum atomic E-state index is -0.0795. The molecular formula is C17H18ClN5O. The summed E-state index contributed by atoms with van der Waals surface area (Å²) in [7, 11) is 0. The predicted octanol–water partition coefficient (Wildman–Crippen LogP) is 3.79. The molecule has 0 bridgehead atoms. The number of fused-ring (bicyclic) bond motifs is 1. The van der Waals surface area contributed by atoms with E-state index in [2.05, 4.69) is 32.5 Å². The molecule has 0 saturated carbocycles. The third-order valence-corrected chi connectivity index (χ3v) is 4.33. The fraction of sp³-hybridized carbons (Fsp3) is 0.353. The molecule has 124 valence electrons. The smallest absolute Gasteiger partial charge is 0.226 e. The molecule has 6 nitrogen and oxygen atoms in total. The van der Waals surface area contributed by atoms with Crippen molar-refractivity contribution in [3.05, 3.63) is 47.4 Å². The highest BCUT2D eigenvalue weighted by molar-refractivity contribution is 6.28. The Labute approximate surface area is 144 Å². The van der Waals surface area contributed by atoms with Crippen molar-refractivity contribution in [1.82, 2.24) is 19.7 Å². The normalized spacial score (nSPS) is 18.0. The lowest BCUT2D eigenvalue weighted by molar-refractivity contribution is -0.0370. The second kappa shape index (κ2) is 6.75. The molecule has 1 aliphatic heterocycles. The SMILES string of the molecule is Clc1nc(NCc2ccccc2)c2cnn(C3CCCCO3)c2n1. The lowest BCUT2D eigenvalue weighted by Gasteiger charge is -2.23. The average molecular weight is 344 g/mol. The van der Waals surface area contributed by atoms with Crippen molar-refractivity contribution in [2.45, 2.75) is 32.0 Å². The molecule has 1 fully saturated rings. The summed E-state index contributed by atoms with van der Waals surface area (Å²) in [6, 6.07) is 10.1. The van der Waals surface area contributed by atoms with Gasteiger partial charge in [-0.15, -0.1) is 0 Å². The van der Waals surface area contributed by atoms with E-state index in [1.165, 1.54) is 5.56 Å². The summed E-state index contributed by atoms with van der Waals surface area (Å²) in [4.78, 5) is 8.69. The van der Waals surface area contributed by atoms with Crippen molar-refractivity contribution in [3.63, 3.8) is 0 Å². The van der Waals surface area contributed by atoms with Gasteiger partial charge in [0.05, 0.1) is 11.6 Å². The van der Waals surface area contributed by atoms with E-state index < -0.39 is 0 Å². The number of aromatic nitrogens is 4. The van der Waals surface area contributed by atoms with Crippen LogP contribution >= 0.6 is 11.6 Å². The zero-order valence-corrected chi connectivity index (χ0v) is 13.9. The lowest BCUT2D eigenvalue weighted by Crippen LogP contribution is -2.19. The molecule has 1 aromatic carbocycles. The van der Waals surface area contributed by atoms with Crippen LogP contribution in [-0.4, -0.2) is 26.4 Å². The second-order valence-electron chi connectivity index (χ2n) is 5.83. The van der Waals surface area contributed by atoms with Crippen LogP contribution in [0.4, 0.5) is 5.82 Å². The molecule has 1 N–H and O–H groups in total. The summed E-state index contributed by atoms with van der Waals surface area (Å²) in [6.45, 7) is 1.42. The third kappa shape index (κ3) is 3.07. The number of hydrogen-bond acceptors (Lipinski definition) is 5. The van der Waals surface area contributed by atoms with Gasteiger partial charge in [-0.3, -0.25) is 0 Å². The van der Waals surface area contributed by atoms with Gasteiger partial charge >= 0.3 is 0 Å². The number of hydrogen-bond donors (Lipinski definition) is 1.